The third kappa shape index (κ3) is 5.74. The van der Waals surface area contributed by atoms with Crippen LogP contribution in [0.3, 0.4) is 0 Å². The molecule has 0 bridgehead atoms. The lowest BCUT2D eigenvalue weighted by atomic mass is 10.1. The van der Waals surface area contributed by atoms with Crippen molar-refractivity contribution in [2.24, 2.45) is 0 Å². The summed E-state index contributed by atoms with van der Waals surface area (Å²) < 4.78 is 10.9. The molecule has 38 heavy (non-hydrogen) atoms. The Kier molecular flexibility index (Phi) is 7.48. The van der Waals surface area contributed by atoms with Crippen molar-refractivity contribution in [1.29, 1.82) is 0 Å². The van der Waals surface area contributed by atoms with E-state index < -0.39 is 5.91 Å². The van der Waals surface area contributed by atoms with Crippen molar-refractivity contribution in [1.82, 2.24) is 10.2 Å². The summed E-state index contributed by atoms with van der Waals surface area (Å²) in [6.07, 6.45) is 1.51. The molecule has 0 spiro atoms. The van der Waals surface area contributed by atoms with Crippen LogP contribution in [0.4, 0.5) is 11.4 Å². The second-order valence-electron chi connectivity index (χ2n) is 8.84. The molecule has 10 heteroatoms. The number of piperazine rings is 1. The van der Waals surface area contributed by atoms with Crippen molar-refractivity contribution in [2.75, 3.05) is 36.4 Å². The first-order valence-corrected chi connectivity index (χ1v) is 12.8. The van der Waals surface area contributed by atoms with Gasteiger partial charge in [0.2, 0.25) is 0 Å². The van der Waals surface area contributed by atoms with Crippen molar-refractivity contribution in [3.8, 4) is 11.3 Å². The van der Waals surface area contributed by atoms with E-state index in [-0.39, 0.29) is 16.8 Å². The fourth-order valence-corrected chi connectivity index (χ4v) is 4.56. The first-order chi connectivity index (χ1) is 18.4. The van der Waals surface area contributed by atoms with E-state index in [1.165, 1.54) is 6.26 Å². The van der Waals surface area contributed by atoms with Crippen LogP contribution in [0.25, 0.3) is 11.3 Å². The summed E-state index contributed by atoms with van der Waals surface area (Å²) in [5.74, 6) is 0.500. The Morgan fingerprint density at radius 3 is 2.39 bits per heavy atom. The predicted octanol–water partition coefficient (Wildman–Crippen LogP) is 5.59. The maximum Gasteiger partial charge on any atom is 0.293 e. The largest absolute Gasteiger partial charge is 0.459 e. The average Bonchev–Trinajstić information content (AvgIpc) is 3.64. The number of amides is 2. The van der Waals surface area contributed by atoms with E-state index in [2.05, 4.69) is 15.5 Å². The number of nitrogens with one attached hydrogen (secondary N) is 2. The molecule has 2 amide bonds. The number of anilines is 2. The average molecular weight is 549 g/mol. The standard InChI is InChI=1S/C28H25ClN4O4S/c1-18-4-5-19(17-22(18)29)23-10-11-24(37-23)26(34)31-28(38)30-20-6-8-21(9-7-20)32-12-14-33(15-13-32)27(35)25-3-2-16-36-25/h2-11,16-17H,12-15H2,1H3,(H2,30,31,34,38). The van der Waals surface area contributed by atoms with Gasteiger partial charge in [-0.15, -0.1) is 0 Å². The molecule has 0 radical (unpaired) electrons. The van der Waals surface area contributed by atoms with Crippen molar-refractivity contribution in [3.63, 3.8) is 0 Å². The number of furan rings is 2. The number of hydrogen-bond acceptors (Lipinski definition) is 6. The second-order valence-corrected chi connectivity index (χ2v) is 9.65. The zero-order valence-electron chi connectivity index (χ0n) is 20.6. The Morgan fingerprint density at radius 1 is 0.947 bits per heavy atom. The summed E-state index contributed by atoms with van der Waals surface area (Å²) in [4.78, 5) is 29.1. The monoisotopic (exact) mass is 548 g/mol. The van der Waals surface area contributed by atoms with E-state index in [0.717, 1.165) is 22.5 Å². The first kappa shape index (κ1) is 25.6. The number of nitrogens with zero attached hydrogens (tertiary/aromatic N) is 2. The van der Waals surface area contributed by atoms with Crippen LogP contribution >= 0.6 is 23.8 Å². The molecule has 1 fully saturated rings. The topological polar surface area (TPSA) is 91.0 Å². The van der Waals surface area contributed by atoms with Crippen LogP contribution in [-0.4, -0.2) is 48.0 Å². The highest BCUT2D eigenvalue weighted by Gasteiger charge is 2.24. The molecule has 2 N–H and O–H groups in total. The molecule has 3 heterocycles. The molecule has 1 saturated heterocycles. The lowest BCUT2D eigenvalue weighted by Gasteiger charge is -2.35. The molecule has 1 aliphatic rings. The van der Waals surface area contributed by atoms with E-state index >= 15 is 0 Å². The summed E-state index contributed by atoms with van der Waals surface area (Å²) in [5, 5.41) is 6.45. The number of hydrogen-bond donors (Lipinski definition) is 2. The van der Waals surface area contributed by atoms with Crippen molar-refractivity contribution < 1.29 is 18.4 Å². The van der Waals surface area contributed by atoms with Gasteiger partial charge in [-0.05, 0) is 79.3 Å². The molecular formula is C28H25ClN4O4S. The van der Waals surface area contributed by atoms with Crippen LogP contribution in [-0.2, 0) is 0 Å². The number of aryl methyl sites for hydroxylation is 1. The quantitative estimate of drug-likeness (QED) is 0.314. The minimum Gasteiger partial charge on any atom is -0.459 e. The number of halogens is 1. The molecule has 8 nitrogen and oxygen atoms in total. The van der Waals surface area contributed by atoms with Crippen molar-refractivity contribution >= 4 is 52.1 Å². The van der Waals surface area contributed by atoms with Gasteiger partial charge in [0.15, 0.2) is 16.6 Å². The third-order valence-corrected chi connectivity index (χ3v) is 6.91. The molecule has 2 aromatic heterocycles. The molecule has 194 valence electrons. The molecular weight excluding hydrogens is 524 g/mol. The van der Waals surface area contributed by atoms with Crippen LogP contribution in [0.5, 0.6) is 0 Å². The Labute approximate surface area is 230 Å². The van der Waals surface area contributed by atoms with E-state index in [1.807, 2.05) is 43.3 Å². The smallest absolute Gasteiger partial charge is 0.293 e. The van der Waals surface area contributed by atoms with E-state index in [1.54, 1.807) is 35.2 Å². The maximum absolute atomic E-state index is 12.6. The van der Waals surface area contributed by atoms with Gasteiger partial charge in [-0.1, -0.05) is 23.7 Å². The number of rotatable bonds is 5. The van der Waals surface area contributed by atoms with Gasteiger partial charge in [-0.2, -0.15) is 0 Å². The predicted molar refractivity (Wildman–Crippen MR) is 151 cm³/mol. The lowest BCUT2D eigenvalue weighted by Crippen LogP contribution is -2.48. The number of carbonyl (C=O) groups excluding carboxylic acids is 2. The highest BCUT2D eigenvalue weighted by Crippen LogP contribution is 2.27. The summed E-state index contributed by atoms with van der Waals surface area (Å²) >= 11 is 11.5. The minimum absolute atomic E-state index is 0.0879. The molecule has 0 saturated carbocycles. The highest BCUT2D eigenvalue weighted by atomic mass is 35.5. The van der Waals surface area contributed by atoms with Crippen LogP contribution in [0.1, 0.15) is 26.7 Å². The Bertz CT molecular complexity index is 1460. The number of benzene rings is 2. The van der Waals surface area contributed by atoms with E-state index in [4.69, 9.17) is 32.7 Å². The van der Waals surface area contributed by atoms with Gasteiger partial charge in [0.1, 0.15) is 5.76 Å². The van der Waals surface area contributed by atoms with Crippen LogP contribution in [0, 0.1) is 6.92 Å². The van der Waals surface area contributed by atoms with Gasteiger partial charge >= 0.3 is 0 Å². The molecule has 5 rings (SSSR count). The van der Waals surface area contributed by atoms with Gasteiger partial charge in [-0.25, -0.2) is 0 Å². The van der Waals surface area contributed by atoms with Crippen LogP contribution < -0.4 is 15.5 Å². The third-order valence-electron chi connectivity index (χ3n) is 6.30. The molecule has 0 aliphatic carbocycles. The molecule has 1 aliphatic heterocycles. The Hall–Kier alpha value is -4.08. The second kappa shape index (κ2) is 11.1. The van der Waals surface area contributed by atoms with Crippen LogP contribution in [0.2, 0.25) is 5.02 Å². The SMILES string of the molecule is Cc1ccc(-c2ccc(C(=O)NC(=S)Nc3ccc(N4CCN(C(=O)c5ccco5)CC4)cc3)o2)cc1Cl. The zero-order chi connectivity index (χ0) is 26.6. The zero-order valence-corrected chi connectivity index (χ0v) is 22.1. The molecule has 2 aromatic carbocycles. The maximum atomic E-state index is 12.6. The van der Waals surface area contributed by atoms with Gasteiger partial charge in [0, 0.05) is 48.1 Å². The molecule has 0 unspecified atom stereocenters. The van der Waals surface area contributed by atoms with Crippen LogP contribution in [0.15, 0.2) is 81.8 Å². The molecule has 4 aromatic rings. The fraction of sp³-hybridized carbons (Fsp3) is 0.179. The summed E-state index contributed by atoms with van der Waals surface area (Å²) in [6.45, 7) is 4.58. The highest BCUT2D eigenvalue weighted by molar-refractivity contribution is 7.80. The molecule has 0 atom stereocenters. The van der Waals surface area contributed by atoms with Crippen molar-refractivity contribution in [3.05, 3.63) is 95.1 Å². The van der Waals surface area contributed by atoms with Gasteiger partial charge in [0.25, 0.3) is 11.8 Å². The van der Waals surface area contributed by atoms with Crippen molar-refractivity contribution in [2.45, 2.75) is 6.92 Å². The van der Waals surface area contributed by atoms with Gasteiger partial charge in [0.05, 0.1) is 6.26 Å². The lowest BCUT2D eigenvalue weighted by molar-refractivity contribution is 0.0714. The Balaban J connectivity index is 1.12. The summed E-state index contributed by atoms with van der Waals surface area (Å²) in [7, 11) is 0. The summed E-state index contributed by atoms with van der Waals surface area (Å²) in [6, 6.07) is 20.0. The Morgan fingerprint density at radius 2 is 1.71 bits per heavy atom. The number of thiocarbonyl (C=S) groups is 1. The summed E-state index contributed by atoms with van der Waals surface area (Å²) in [5.41, 5.74) is 3.52. The minimum atomic E-state index is -0.453. The number of carbonyl (C=O) groups is 2. The van der Waals surface area contributed by atoms with Gasteiger partial charge in [-0.3, -0.25) is 14.9 Å². The van der Waals surface area contributed by atoms with E-state index in [9.17, 15) is 9.59 Å². The normalized spacial score (nSPS) is 13.3. The first-order valence-electron chi connectivity index (χ1n) is 12.0. The fourth-order valence-electron chi connectivity index (χ4n) is 4.17. The van der Waals surface area contributed by atoms with E-state index in [0.29, 0.717) is 42.7 Å². The van der Waals surface area contributed by atoms with Gasteiger partial charge < -0.3 is 24.0 Å².